The summed E-state index contributed by atoms with van der Waals surface area (Å²) in [6.07, 6.45) is 3.48. The summed E-state index contributed by atoms with van der Waals surface area (Å²) in [5.74, 6) is 0. The minimum atomic E-state index is 0.834. The van der Waals surface area contributed by atoms with Gasteiger partial charge in [-0.05, 0) is 46.7 Å². The molecule has 0 aliphatic rings. The molecule has 2 aromatic rings. The minimum absolute atomic E-state index is 0.834. The number of benzene rings is 1. The molecule has 0 aliphatic heterocycles. The first-order chi connectivity index (χ1) is 8.70. The summed E-state index contributed by atoms with van der Waals surface area (Å²) in [6.45, 7) is 1.71. The third-order valence-corrected chi connectivity index (χ3v) is 3.44. The van der Waals surface area contributed by atoms with Crippen LogP contribution in [-0.2, 0) is 13.1 Å². The molecular formula is C14H17BrN2O. The van der Waals surface area contributed by atoms with Crippen molar-refractivity contribution in [2.75, 3.05) is 19.0 Å². The molecule has 0 bridgehead atoms. The number of rotatable bonds is 5. The topological polar surface area (TPSA) is 28.4 Å². The lowest BCUT2D eigenvalue weighted by atomic mass is 10.2. The number of halogens is 1. The molecule has 0 saturated heterocycles. The second-order valence-corrected chi connectivity index (χ2v) is 5.16. The zero-order valence-electron chi connectivity index (χ0n) is 10.6. The van der Waals surface area contributed by atoms with Gasteiger partial charge in [0.1, 0.15) is 0 Å². The highest BCUT2D eigenvalue weighted by Gasteiger charge is 2.07. The Bertz CT molecular complexity index is 497. The van der Waals surface area contributed by atoms with Crippen molar-refractivity contribution in [2.45, 2.75) is 13.1 Å². The summed E-state index contributed by atoms with van der Waals surface area (Å²) < 4.78 is 6.20. The molecule has 1 N–H and O–H groups in total. The molecule has 3 nitrogen and oxygen atoms in total. The molecule has 0 atom stereocenters. The van der Waals surface area contributed by atoms with Crippen LogP contribution in [0.3, 0.4) is 0 Å². The van der Waals surface area contributed by atoms with Crippen LogP contribution in [0, 0.1) is 0 Å². The van der Waals surface area contributed by atoms with E-state index in [2.05, 4.69) is 51.4 Å². The Labute approximate surface area is 116 Å². The van der Waals surface area contributed by atoms with E-state index < -0.39 is 0 Å². The summed E-state index contributed by atoms with van der Waals surface area (Å²) in [6, 6.07) is 8.41. The van der Waals surface area contributed by atoms with Gasteiger partial charge in [-0.25, -0.2) is 0 Å². The highest BCUT2D eigenvalue weighted by molar-refractivity contribution is 9.10. The Morgan fingerprint density at radius 3 is 2.72 bits per heavy atom. The average Bonchev–Trinajstić information content (AvgIpc) is 2.82. The van der Waals surface area contributed by atoms with Gasteiger partial charge in [0.2, 0.25) is 0 Å². The van der Waals surface area contributed by atoms with Crippen molar-refractivity contribution >= 4 is 21.6 Å². The largest absolute Gasteiger partial charge is 0.472 e. The maximum absolute atomic E-state index is 5.09. The summed E-state index contributed by atoms with van der Waals surface area (Å²) >= 11 is 3.63. The van der Waals surface area contributed by atoms with Crippen LogP contribution >= 0.6 is 15.9 Å². The Morgan fingerprint density at radius 2 is 2.11 bits per heavy atom. The maximum Gasteiger partial charge on any atom is 0.0952 e. The van der Waals surface area contributed by atoms with Crippen LogP contribution in [0.25, 0.3) is 0 Å². The van der Waals surface area contributed by atoms with E-state index in [4.69, 9.17) is 4.42 Å². The van der Waals surface area contributed by atoms with Crippen molar-refractivity contribution in [3.05, 3.63) is 52.4 Å². The molecule has 0 spiro atoms. The Kier molecular flexibility index (Phi) is 4.44. The van der Waals surface area contributed by atoms with Crippen LogP contribution in [0.4, 0.5) is 5.69 Å². The second-order valence-electron chi connectivity index (χ2n) is 4.30. The fourth-order valence-electron chi connectivity index (χ4n) is 1.92. The molecule has 0 saturated carbocycles. The van der Waals surface area contributed by atoms with Crippen molar-refractivity contribution in [1.82, 2.24) is 5.32 Å². The minimum Gasteiger partial charge on any atom is -0.472 e. The quantitative estimate of drug-likeness (QED) is 0.917. The highest BCUT2D eigenvalue weighted by atomic mass is 79.9. The van der Waals surface area contributed by atoms with Crippen LogP contribution in [0.2, 0.25) is 0 Å². The van der Waals surface area contributed by atoms with Crippen LogP contribution in [0.5, 0.6) is 0 Å². The van der Waals surface area contributed by atoms with Crippen molar-refractivity contribution < 1.29 is 4.42 Å². The second kappa shape index (κ2) is 6.07. The molecule has 1 heterocycles. The van der Waals surface area contributed by atoms with E-state index in [0.29, 0.717) is 0 Å². The Hall–Kier alpha value is -1.26. The van der Waals surface area contributed by atoms with Gasteiger partial charge in [-0.1, -0.05) is 6.07 Å². The van der Waals surface area contributed by atoms with Gasteiger partial charge in [0.25, 0.3) is 0 Å². The molecular weight excluding hydrogens is 292 g/mol. The van der Waals surface area contributed by atoms with Crippen molar-refractivity contribution in [3.8, 4) is 0 Å². The Morgan fingerprint density at radius 1 is 1.28 bits per heavy atom. The molecule has 96 valence electrons. The Balaban J connectivity index is 2.12. The van der Waals surface area contributed by atoms with Crippen molar-refractivity contribution in [1.29, 1.82) is 0 Å². The normalized spacial score (nSPS) is 10.6. The summed E-state index contributed by atoms with van der Waals surface area (Å²) in [5, 5.41) is 3.15. The first-order valence-electron chi connectivity index (χ1n) is 5.86. The lowest BCUT2D eigenvalue weighted by molar-refractivity contribution is 0.563. The molecule has 0 aliphatic carbocycles. The van der Waals surface area contributed by atoms with Crippen LogP contribution in [0.15, 0.2) is 45.7 Å². The number of nitrogens with one attached hydrogen (secondary N) is 1. The third-order valence-electron chi connectivity index (χ3n) is 2.80. The first-order valence-corrected chi connectivity index (χ1v) is 6.65. The van der Waals surface area contributed by atoms with Crippen LogP contribution in [0.1, 0.15) is 11.1 Å². The lowest BCUT2D eigenvalue weighted by Crippen LogP contribution is -2.16. The summed E-state index contributed by atoms with van der Waals surface area (Å²) in [7, 11) is 4.03. The molecule has 0 fully saturated rings. The van der Waals surface area contributed by atoms with Gasteiger partial charge in [-0.15, -0.1) is 0 Å². The number of hydrogen-bond donors (Lipinski definition) is 1. The maximum atomic E-state index is 5.09. The smallest absolute Gasteiger partial charge is 0.0952 e. The predicted molar refractivity (Wildman–Crippen MR) is 77.7 cm³/mol. The molecule has 1 aromatic heterocycles. The van der Waals surface area contributed by atoms with Gasteiger partial charge >= 0.3 is 0 Å². The molecule has 2 rings (SSSR count). The van der Waals surface area contributed by atoms with Gasteiger partial charge in [-0.2, -0.15) is 0 Å². The van der Waals surface area contributed by atoms with E-state index in [9.17, 15) is 0 Å². The highest BCUT2D eigenvalue weighted by Crippen LogP contribution is 2.27. The zero-order chi connectivity index (χ0) is 13.0. The molecule has 0 amide bonds. The molecule has 1 aromatic carbocycles. The number of anilines is 1. The number of nitrogens with zero attached hydrogens (tertiary/aromatic N) is 1. The SMILES string of the molecule is CNCc1ccc(N(C)Cc2ccoc2)c(Br)c1. The third kappa shape index (κ3) is 3.15. The van der Waals surface area contributed by atoms with E-state index in [1.807, 2.05) is 13.1 Å². The van der Waals surface area contributed by atoms with Crippen molar-refractivity contribution in [2.24, 2.45) is 0 Å². The molecule has 18 heavy (non-hydrogen) atoms. The summed E-state index contributed by atoms with van der Waals surface area (Å²) in [4.78, 5) is 2.19. The average molecular weight is 309 g/mol. The lowest BCUT2D eigenvalue weighted by Gasteiger charge is -2.20. The monoisotopic (exact) mass is 308 g/mol. The van der Waals surface area contributed by atoms with E-state index in [1.165, 1.54) is 16.8 Å². The van der Waals surface area contributed by atoms with Crippen LogP contribution < -0.4 is 10.2 Å². The van der Waals surface area contributed by atoms with E-state index >= 15 is 0 Å². The van der Waals surface area contributed by atoms with Crippen molar-refractivity contribution in [3.63, 3.8) is 0 Å². The standard InChI is InChI=1S/C14H17BrN2O/c1-16-8-11-3-4-14(13(15)7-11)17(2)9-12-5-6-18-10-12/h3-7,10,16H,8-9H2,1-2H3. The zero-order valence-corrected chi connectivity index (χ0v) is 12.2. The van der Waals surface area contributed by atoms with E-state index in [0.717, 1.165) is 17.6 Å². The number of hydrogen-bond acceptors (Lipinski definition) is 3. The predicted octanol–water partition coefficient (Wildman–Crippen LogP) is 3.40. The number of furan rings is 1. The van der Waals surface area contributed by atoms with Gasteiger partial charge in [0, 0.05) is 30.2 Å². The molecule has 0 unspecified atom stereocenters. The summed E-state index contributed by atoms with van der Waals surface area (Å²) in [5.41, 5.74) is 3.62. The molecule has 0 radical (unpaired) electrons. The van der Waals surface area contributed by atoms with E-state index in [1.54, 1.807) is 12.5 Å². The van der Waals surface area contributed by atoms with E-state index in [-0.39, 0.29) is 0 Å². The fourth-order valence-corrected chi connectivity index (χ4v) is 2.64. The van der Waals surface area contributed by atoms with Gasteiger partial charge in [0.15, 0.2) is 0 Å². The molecule has 4 heteroatoms. The first kappa shape index (κ1) is 13.2. The van der Waals surface area contributed by atoms with Gasteiger partial charge in [0.05, 0.1) is 18.2 Å². The van der Waals surface area contributed by atoms with Gasteiger partial charge < -0.3 is 14.6 Å². The van der Waals surface area contributed by atoms with Gasteiger partial charge in [-0.3, -0.25) is 0 Å². The fraction of sp³-hybridized carbons (Fsp3) is 0.286. The van der Waals surface area contributed by atoms with Crippen LogP contribution in [-0.4, -0.2) is 14.1 Å².